The van der Waals surface area contributed by atoms with E-state index in [-0.39, 0.29) is 0 Å². The van der Waals surface area contributed by atoms with E-state index in [0.717, 1.165) is 30.7 Å². The number of rotatable bonds is 5. The lowest BCUT2D eigenvalue weighted by Crippen LogP contribution is -2.41. The molecule has 0 radical (unpaired) electrons. The summed E-state index contributed by atoms with van der Waals surface area (Å²) in [6.45, 7) is 11.7. The fourth-order valence-corrected chi connectivity index (χ4v) is 1.47. The molecule has 1 unspecified atom stereocenters. The number of thiocarbonyl (C=S) groups is 1. The first kappa shape index (κ1) is 12.7. The van der Waals surface area contributed by atoms with Crippen molar-refractivity contribution in [1.82, 2.24) is 10.2 Å². The van der Waals surface area contributed by atoms with Crippen molar-refractivity contribution in [3.05, 3.63) is 0 Å². The molecule has 2 nitrogen and oxygen atoms in total. The van der Waals surface area contributed by atoms with Crippen molar-refractivity contribution in [2.75, 3.05) is 19.6 Å². The molecule has 1 N–H and O–H groups in total. The van der Waals surface area contributed by atoms with Crippen molar-refractivity contribution < 1.29 is 0 Å². The Morgan fingerprint density at radius 3 is 2.38 bits per heavy atom. The van der Waals surface area contributed by atoms with Gasteiger partial charge in [0.25, 0.3) is 0 Å². The summed E-state index contributed by atoms with van der Waals surface area (Å²) in [6, 6.07) is 0. The van der Waals surface area contributed by atoms with Crippen molar-refractivity contribution in [3.8, 4) is 0 Å². The summed E-state index contributed by atoms with van der Waals surface area (Å²) < 4.78 is 0. The van der Waals surface area contributed by atoms with Crippen LogP contribution in [0, 0.1) is 5.92 Å². The van der Waals surface area contributed by atoms with Gasteiger partial charge in [-0.25, -0.2) is 0 Å². The molecule has 0 fully saturated rings. The fraction of sp³-hybridized carbons (Fsp3) is 0.900. The average Bonchev–Trinajstić information content (AvgIpc) is 2.14. The van der Waals surface area contributed by atoms with E-state index >= 15 is 0 Å². The Hall–Kier alpha value is -0.310. The van der Waals surface area contributed by atoms with Crippen LogP contribution in [0.4, 0.5) is 0 Å². The minimum absolute atomic E-state index is 0.719. The third kappa shape index (κ3) is 5.09. The lowest BCUT2D eigenvalue weighted by Gasteiger charge is -2.26. The first-order chi connectivity index (χ1) is 6.15. The highest BCUT2D eigenvalue weighted by molar-refractivity contribution is 7.80. The van der Waals surface area contributed by atoms with Gasteiger partial charge in [0, 0.05) is 19.6 Å². The van der Waals surface area contributed by atoms with Gasteiger partial charge >= 0.3 is 0 Å². The number of nitrogens with one attached hydrogen (secondary N) is 1. The Labute approximate surface area is 87.7 Å². The average molecular weight is 202 g/mol. The van der Waals surface area contributed by atoms with E-state index in [0.29, 0.717) is 0 Å². The highest BCUT2D eigenvalue weighted by atomic mass is 32.1. The molecular formula is C10H22N2S. The van der Waals surface area contributed by atoms with Crippen LogP contribution in [0.25, 0.3) is 0 Å². The highest BCUT2D eigenvalue weighted by Crippen LogP contribution is 2.04. The minimum Gasteiger partial charge on any atom is -0.363 e. The second-order valence-corrected chi connectivity index (χ2v) is 3.77. The lowest BCUT2D eigenvalue weighted by atomic mass is 10.1. The third-order valence-electron chi connectivity index (χ3n) is 2.23. The van der Waals surface area contributed by atoms with Crippen molar-refractivity contribution >= 4 is 17.3 Å². The van der Waals surface area contributed by atoms with Crippen LogP contribution in [0.2, 0.25) is 0 Å². The van der Waals surface area contributed by atoms with Crippen LogP contribution < -0.4 is 5.32 Å². The molecule has 0 saturated heterocycles. The van der Waals surface area contributed by atoms with Crippen molar-refractivity contribution in [3.63, 3.8) is 0 Å². The zero-order valence-corrected chi connectivity index (χ0v) is 10.1. The SMILES string of the molecule is CCNC(=S)N(CC)CC(C)CC. The molecule has 0 spiro atoms. The maximum Gasteiger partial charge on any atom is 0.168 e. The number of nitrogens with zero attached hydrogens (tertiary/aromatic N) is 1. The molecule has 0 aromatic heterocycles. The number of hydrogen-bond acceptors (Lipinski definition) is 1. The summed E-state index contributed by atoms with van der Waals surface area (Å²) in [5.41, 5.74) is 0. The molecule has 0 aliphatic rings. The first-order valence-electron chi connectivity index (χ1n) is 5.18. The van der Waals surface area contributed by atoms with Crippen LogP contribution in [0.15, 0.2) is 0 Å². The Morgan fingerprint density at radius 1 is 1.38 bits per heavy atom. The van der Waals surface area contributed by atoms with E-state index in [4.69, 9.17) is 12.2 Å². The fourth-order valence-electron chi connectivity index (χ4n) is 1.12. The van der Waals surface area contributed by atoms with E-state index in [9.17, 15) is 0 Å². The van der Waals surface area contributed by atoms with Gasteiger partial charge < -0.3 is 10.2 Å². The van der Waals surface area contributed by atoms with Crippen LogP contribution in [0.5, 0.6) is 0 Å². The predicted octanol–water partition coefficient (Wildman–Crippen LogP) is 2.25. The van der Waals surface area contributed by atoms with E-state index in [1.54, 1.807) is 0 Å². The highest BCUT2D eigenvalue weighted by Gasteiger charge is 2.09. The molecule has 0 saturated carbocycles. The zero-order valence-electron chi connectivity index (χ0n) is 9.26. The van der Waals surface area contributed by atoms with Crippen LogP contribution in [0.1, 0.15) is 34.1 Å². The molecule has 78 valence electrons. The van der Waals surface area contributed by atoms with Gasteiger partial charge in [-0.1, -0.05) is 20.3 Å². The molecule has 0 aromatic rings. The van der Waals surface area contributed by atoms with Crippen LogP contribution in [-0.4, -0.2) is 29.6 Å². The minimum atomic E-state index is 0.719. The summed E-state index contributed by atoms with van der Waals surface area (Å²) in [6.07, 6.45) is 1.21. The van der Waals surface area contributed by atoms with E-state index in [1.807, 2.05) is 0 Å². The quantitative estimate of drug-likeness (QED) is 0.688. The predicted molar refractivity (Wildman–Crippen MR) is 63.0 cm³/mol. The Bertz CT molecular complexity index is 148. The van der Waals surface area contributed by atoms with Gasteiger partial charge in [0.1, 0.15) is 0 Å². The second-order valence-electron chi connectivity index (χ2n) is 3.39. The molecule has 0 bridgehead atoms. The van der Waals surface area contributed by atoms with Gasteiger partial charge in [0.2, 0.25) is 0 Å². The lowest BCUT2D eigenvalue weighted by molar-refractivity contribution is 0.355. The Kier molecular flexibility index (Phi) is 6.96. The maximum atomic E-state index is 5.25. The van der Waals surface area contributed by atoms with Crippen molar-refractivity contribution in [2.45, 2.75) is 34.1 Å². The molecule has 0 aromatic carbocycles. The topological polar surface area (TPSA) is 15.3 Å². The smallest absolute Gasteiger partial charge is 0.168 e. The molecule has 13 heavy (non-hydrogen) atoms. The normalized spacial score (nSPS) is 12.3. The van der Waals surface area contributed by atoms with Gasteiger partial charge in [-0.2, -0.15) is 0 Å². The second kappa shape index (κ2) is 7.13. The van der Waals surface area contributed by atoms with Gasteiger partial charge in [-0.15, -0.1) is 0 Å². The Balaban J connectivity index is 3.94. The van der Waals surface area contributed by atoms with Gasteiger partial charge in [0.15, 0.2) is 5.11 Å². The van der Waals surface area contributed by atoms with Crippen molar-refractivity contribution in [1.29, 1.82) is 0 Å². The standard InChI is InChI=1S/C10H22N2S/c1-5-9(4)8-12(7-3)10(13)11-6-2/h9H,5-8H2,1-4H3,(H,11,13). The summed E-state index contributed by atoms with van der Waals surface area (Å²) in [4.78, 5) is 2.23. The molecule has 0 aliphatic carbocycles. The van der Waals surface area contributed by atoms with Crippen LogP contribution >= 0.6 is 12.2 Å². The van der Waals surface area contributed by atoms with Gasteiger partial charge in [-0.3, -0.25) is 0 Å². The molecule has 3 heteroatoms. The Morgan fingerprint density at radius 2 is 2.00 bits per heavy atom. The molecule has 1 atom stereocenters. The molecule has 0 aliphatic heterocycles. The van der Waals surface area contributed by atoms with Gasteiger partial charge in [-0.05, 0) is 32.0 Å². The van der Waals surface area contributed by atoms with Gasteiger partial charge in [0.05, 0.1) is 0 Å². The molecular weight excluding hydrogens is 180 g/mol. The molecule has 0 heterocycles. The zero-order chi connectivity index (χ0) is 10.3. The maximum absolute atomic E-state index is 5.25. The van der Waals surface area contributed by atoms with Crippen LogP contribution in [0.3, 0.4) is 0 Å². The van der Waals surface area contributed by atoms with Crippen LogP contribution in [-0.2, 0) is 0 Å². The molecule has 0 rings (SSSR count). The summed E-state index contributed by atoms with van der Waals surface area (Å²) >= 11 is 5.25. The van der Waals surface area contributed by atoms with E-state index in [2.05, 4.69) is 37.9 Å². The summed E-state index contributed by atoms with van der Waals surface area (Å²) in [7, 11) is 0. The van der Waals surface area contributed by atoms with E-state index in [1.165, 1.54) is 6.42 Å². The van der Waals surface area contributed by atoms with Crippen molar-refractivity contribution in [2.24, 2.45) is 5.92 Å². The monoisotopic (exact) mass is 202 g/mol. The summed E-state index contributed by atoms with van der Waals surface area (Å²) in [5.74, 6) is 0.719. The molecule has 0 amide bonds. The number of hydrogen-bond donors (Lipinski definition) is 1. The first-order valence-corrected chi connectivity index (χ1v) is 5.59. The summed E-state index contributed by atoms with van der Waals surface area (Å²) in [5, 5.41) is 4.08. The third-order valence-corrected chi connectivity index (χ3v) is 2.63. The largest absolute Gasteiger partial charge is 0.363 e. The van der Waals surface area contributed by atoms with E-state index < -0.39 is 0 Å².